The summed E-state index contributed by atoms with van der Waals surface area (Å²) in [4.78, 5) is 8.55. The number of guanidine groups is 1. The van der Waals surface area contributed by atoms with E-state index in [0.717, 1.165) is 30.3 Å². The van der Waals surface area contributed by atoms with Crippen LogP contribution in [0.3, 0.4) is 0 Å². The molecular weight excluding hydrogens is 320 g/mol. The molecule has 2 aromatic rings. The Morgan fingerprint density at radius 2 is 2.16 bits per heavy atom. The third-order valence-corrected chi connectivity index (χ3v) is 3.42. The van der Waals surface area contributed by atoms with Crippen molar-refractivity contribution in [2.24, 2.45) is 4.99 Å². The molecule has 8 heteroatoms. The van der Waals surface area contributed by atoms with Crippen LogP contribution in [0.5, 0.6) is 0 Å². The Bertz CT molecular complexity index is 630. The number of ether oxygens (including phenoxy) is 2. The summed E-state index contributed by atoms with van der Waals surface area (Å²) in [5.41, 5.74) is 1.10. The monoisotopic (exact) mass is 346 g/mol. The van der Waals surface area contributed by atoms with Crippen molar-refractivity contribution in [3.8, 4) is 5.82 Å². The van der Waals surface area contributed by atoms with E-state index in [1.807, 2.05) is 24.4 Å². The van der Waals surface area contributed by atoms with Gasteiger partial charge in [0.15, 0.2) is 11.8 Å². The van der Waals surface area contributed by atoms with E-state index in [2.05, 4.69) is 25.7 Å². The van der Waals surface area contributed by atoms with Crippen LogP contribution in [0.2, 0.25) is 0 Å². The second kappa shape index (κ2) is 11.2. The average Bonchev–Trinajstić information content (AvgIpc) is 3.18. The van der Waals surface area contributed by atoms with Gasteiger partial charge in [0.2, 0.25) is 0 Å². The maximum atomic E-state index is 5.43. The van der Waals surface area contributed by atoms with Gasteiger partial charge in [0.1, 0.15) is 0 Å². The second-order valence-electron chi connectivity index (χ2n) is 5.28. The topological polar surface area (TPSA) is 85.6 Å². The molecule has 0 atom stereocenters. The first-order chi connectivity index (χ1) is 12.3. The predicted octanol–water partition coefficient (Wildman–Crippen LogP) is 0.985. The molecule has 0 aromatic carbocycles. The lowest BCUT2D eigenvalue weighted by Gasteiger charge is -2.12. The Kier molecular flexibility index (Phi) is 8.43. The lowest BCUT2D eigenvalue weighted by molar-refractivity contribution is 0.0698. The molecule has 0 amide bonds. The molecular formula is C17H26N6O2. The molecule has 0 aliphatic rings. The highest BCUT2D eigenvalue weighted by Gasteiger charge is 2.02. The van der Waals surface area contributed by atoms with Crippen LogP contribution in [0, 0.1) is 0 Å². The minimum Gasteiger partial charge on any atom is -0.382 e. The van der Waals surface area contributed by atoms with Crippen LogP contribution in [-0.4, -0.2) is 61.2 Å². The summed E-state index contributed by atoms with van der Waals surface area (Å²) in [6, 6.07) is 5.84. The van der Waals surface area contributed by atoms with E-state index < -0.39 is 0 Å². The van der Waals surface area contributed by atoms with E-state index in [4.69, 9.17) is 9.47 Å². The number of rotatable bonds is 10. The Hall–Kier alpha value is -2.45. The molecule has 0 bridgehead atoms. The molecule has 2 N–H and O–H groups in total. The molecule has 25 heavy (non-hydrogen) atoms. The maximum Gasteiger partial charge on any atom is 0.191 e. The molecule has 0 radical (unpaired) electrons. The standard InChI is InChI=1S/C17H26N6O2/c1-18-17(20-6-4-10-25-12-11-24-2)21-14-15-5-8-19-16(13-15)23-9-3-7-22-23/h3,5,7-9,13H,4,6,10-12,14H2,1-2H3,(H2,18,20,21). The van der Waals surface area contributed by atoms with Crippen molar-refractivity contribution in [2.75, 3.05) is 40.5 Å². The quantitative estimate of drug-likeness (QED) is 0.379. The van der Waals surface area contributed by atoms with Crippen LogP contribution in [0.25, 0.3) is 5.82 Å². The number of hydrogen-bond donors (Lipinski definition) is 2. The molecule has 136 valence electrons. The van der Waals surface area contributed by atoms with E-state index in [1.54, 1.807) is 31.2 Å². The lowest BCUT2D eigenvalue weighted by Crippen LogP contribution is -2.37. The highest BCUT2D eigenvalue weighted by molar-refractivity contribution is 5.79. The van der Waals surface area contributed by atoms with E-state index in [1.165, 1.54) is 0 Å². The molecule has 8 nitrogen and oxygen atoms in total. The number of methoxy groups -OCH3 is 1. The zero-order chi connectivity index (χ0) is 17.7. The van der Waals surface area contributed by atoms with Crippen molar-refractivity contribution in [1.82, 2.24) is 25.4 Å². The Labute approximate surface area is 148 Å². The van der Waals surface area contributed by atoms with Crippen molar-refractivity contribution in [2.45, 2.75) is 13.0 Å². The van der Waals surface area contributed by atoms with Crippen molar-refractivity contribution in [3.63, 3.8) is 0 Å². The molecule has 0 fully saturated rings. The minimum absolute atomic E-state index is 0.628. The van der Waals surface area contributed by atoms with Crippen molar-refractivity contribution in [1.29, 1.82) is 0 Å². The second-order valence-corrected chi connectivity index (χ2v) is 5.28. The SMILES string of the molecule is CN=C(NCCCOCCOC)NCc1ccnc(-n2cccn2)c1. The Balaban J connectivity index is 1.71. The number of nitrogens with zero attached hydrogens (tertiary/aromatic N) is 4. The molecule has 0 aliphatic carbocycles. The molecule has 0 saturated carbocycles. The average molecular weight is 346 g/mol. The van der Waals surface area contributed by atoms with Gasteiger partial charge in [-0.3, -0.25) is 4.99 Å². The third-order valence-electron chi connectivity index (χ3n) is 3.42. The Morgan fingerprint density at radius 1 is 1.24 bits per heavy atom. The summed E-state index contributed by atoms with van der Waals surface area (Å²) in [6.07, 6.45) is 6.29. The van der Waals surface area contributed by atoms with Gasteiger partial charge in [-0.1, -0.05) is 0 Å². The van der Waals surface area contributed by atoms with Crippen LogP contribution in [0.15, 0.2) is 41.8 Å². The molecule has 0 saturated heterocycles. The van der Waals surface area contributed by atoms with Crippen molar-refractivity contribution in [3.05, 3.63) is 42.4 Å². The van der Waals surface area contributed by atoms with Gasteiger partial charge in [-0.05, 0) is 30.2 Å². The summed E-state index contributed by atoms with van der Waals surface area (Å²) < 4.78 is 12.1. The van der Waals surface area contributed by atoms with E-state index in [-0.39, 0.29) is 0 Å². The van der Waals surface area contributed by atoms with Gasteiger partial charge in [0.25, 0.3) is 0 Å². The van der Waals surface area contributed by atoms with Crippen LogP contribution in [-0.2, 0) is 16.0 Å². The fraction of sp³-hybridized carbons (Fsp3) is 0.471. The molecule has 2 heterocycles. The van der Waals surface area contributed by atoms with E-state index in [9.17, 15) is 0 Å². The molecule has 2 aromatic heterocycles. The van der Waals surface area contributed by atoms with Crippen LogP contribution < -0.4 is 10.6 Å². The molecule has 2 rings (SSSR count). The number of pyridine rings is 1. The highest BCUT2D eigenvalue weighted by Crippen LogP contribution is 2.05. The first-order valence-electron chi connectivity index (χ1n) is 8.29. The first-order valence-corrected chi connectivity index (χ1v) is 8.29. The van der Waals surface area contributed by atoms with Gasteiger partial charge in [-0.15, -0.1) is 0 Å². The van der Waals surface area contributed by atoms with Gasteiger partial charge >= 0.3 is 0 Å². The van der Waals surface area contributed by atoms with Crippen LogP contribution >= 0.6 is 0 Å². The normalized spacial score (nSPS) is 11.5. The fourth-order valence-corrected chi connectivity index (χ4v) is 2.13. The van der Waals surface area contributed by atoms with Gasteiger partial charge in [-0.2, -0.15) is 5.10 Å². The number of aromatic nitrogens is 3. The third kappa shape index (κ3) is 6.90. The smallest absolute Gasteiger partial charge is 0.191 e. The van der Waals surface area contributed by atoms with Crippen molar-refractivity contribution < 1.29 is 9.47 Å². The molecule has 0 unspecified atom stereocenters. The summed E-state index contributed by atoms with van der Waals surface area (Å²) in [7, 11) is 3.42. The lowest BCUT2D eigenvalue weighted by atomic mass is 10.2. The predicted molar refractivity (Wildman–Crippen MR) is 96.9 cm³/mol. The van der Waals surface area contributed by atoms with Gasteiger partial charge < -0.3 is 20.1 Å². The first kappa shape index (κ1) is 18.9. The van der Waals surface area contributed by atoms with E-state index in [0.29, 0.717) is 26.4 Å². The summed E-state index contributed by atoms with van der Waals surface area (Å²) in [6.45, 7) is 3.40. The fourth-order valence-electron chi connectivity index (χ4n) is 2.13. The summed E-state index contributed by atoms with van der Waals surface area (Å²) in [5, 5.41) is 10.8. The van der Waals surface area contributed by atoms with Crippen molar-refractivity contribution >= 4 is 5.96 Å². The van der Waals surface area contributed by atoms with Gasteiger partial charge in [-0.25, -0.2) is 9.67 Å². The number of hydrogen-bond acceptors (Lipinski definition) is 5. The largest absolute Gasteiger partial charge is 0.382 e. The molecule has 0 aliphatic heterocycles. The van der Waals surface area contributed by atoms with Crippen LogP contribution in [0.1, 0.15) is 12.0 Å². The Morgan fingerprint density at radius 3 is 2.92 bits per heavy atom. The summed E-state index contributed by atoms with van der Waals surface area (Å²) in [5.74, 6) is 1.55. The zero-order valence-electron chi connectivity index (χ0n) is 14.8. The minimum atomic E-state index is 0.628. The molecule has 0 spiro atoms. The van der Waals surface area contributed by atoms with Gasteiger partial charge in [0.05, 0.1) is 13.2 Å². The maximum absolute atomic E-state index is 5.43. The van der Waals surface area contributed by atoms with Crippen LogP contribution in [0.4, 0.5) is 0 Å². The summed E-state index contributed by atoms with van der Waals surface area (Å²) >= 11 is 0. The zero-order valence-corrected chi connectivity index (χ0v) is 14.8. The van der Waals surface area contributed by atoms with E-state index >= 15 is 0 Å². The van der Waals surface area contributed by atoms with Gasteiger partial charge in [0, 0.05) is 52.4 Å². The number of aliphatic imine (C=N–C) groups is 1. The number of nitrogens with one attached hydrogen (secondary N) is 2. The highest BCUT2D eigenvalue weighted by atomic mass is 16.5.